The number of ketones is 1. The van der Waals surface area contributed by atoms with Gasteiger partial charge in [-0.25, -0.2) is 14.4 Å². The smallest absolute Gasteiger partial charge is 0.163 e. The van der Waals surface area contributed by atoms with Crippen molar-refractivity contribution in [2.45, 2.75) is 45.4 Å². The van der Waals surface area contributed by atoms with E-state index in [2.05, 4.69) is 14.9 Å². The third kappa shape index (κ3) is 5.02. The summed E-state index contributed by atoms with van der Waals surface area (Å²) in [5.41, 5.74) is 5.46. The van der Waals surface area contributed by atoms with Crippen molar-refractivity contribution >= 4 is 17.3 Å². The van der Waals surface area contributed by atoms with Crippen molar-refractivity contribution in [3.05, 3.63) is 82.6 Å². The van der Waals surface area contributed by atoms with Crippen LogP contribution >= 0.6 is 0 Å². The number of nitrogens with zero attached hydrogens (tertiary/aromatic N) is 3. The average Bonchev–Trinajstić information content (AvgIpc) is 3.20. The second-order valence-corrected chi connectivity index (χ2v) is 8.34. The van der Waals surface area contributed by atoms with Crippen molar-refractivity contribution in [3.8, 4) is 0 Å². The molecule has 1 N–H and O–H groups in total. The van der Waals surface area contributed by atoms with E-state index in [-0.39, 0.29) is 18.2 Å². The normalized spacial score (nSPS) is 12.8. The molecule has 2 aromatic carbocycles. The number of aliphatic hydroxyl groups excluding tert-OH is 1. The lowest BCUT2D eigenvalue weighted by Crippen LogP contribution is -2.15. The molecule has 1 aliphatic rings. The van der Waals surface area contributed by atoms with Gasteiger partial charge in [-0.1, -0.05) is 24.6 Å². The summed E-state index contributed by atoms with van der Waals surface area (Å²) in [4.78, 5) is 23.8. The zero-order valence-electron chi connectivity index (χ0n) is 18.4. The van der Waals surface area contributed by atoms with Crippen molar-refractivity contribution in [2.24, 2.45) is 0 Å². The summed E-state index contributed by atoms with van der Waals surface area (Å²) in [6, 6.07) is 12.8. The van der Waals surface area contributed by atoms with Crippen LogP contribution in [0.3, 0.4) is 0 Å². The van der Waals surface area contributed by atoms with Gasteiger partial charge in [0, 0.05) is 43.3 Å². The fourth-order valence-corrected chi connectivity index (χ4v) is 4.40. The van der Waals surface area contributed by atoms with E-state index in [0.29, 0.717) is 12.8 Å². The third-order valence-electron chi connectivity index (χ3n) is 5.86. The summed E-state index contributed by atoms with van der Waals surface area (Å²) < 4.78 is 13.8. The lowest BCUT2D eigenvalue weighted by molar-refractivity contribution is 0.0977. The molecule has 32 heavy (non-hydrogen) atoms. The fourth-order valence-electron chi connectivity index (χ4n) is 4.40. The van der Waals surface area contributed by atoms with Crippen LogP contribution in [0.5, 0.6) is 0 Å². The monoisotopic (exact) mass is 433 g/mol. The molecule has 0 fully saturated rings. The van der Waals surface area contributed by atoms with E-state index in [0.717, 1.165) is 71.7 Å². The number of carbonyl (C=O) groups excluding carboxylic acids is 1. The van der Waals surface area contributed by atoms with Gasteiger partial charge in [0.15, 0.2) is 5.78 Å². The van der Waals surface area contributed by atoms with Crippen LogP contribution in [0.2, 0.25) is 0 Å². The quantitative estimate of drug-likeness (QED) is 0.382. The minimum Gasteiger partial charge on any atom is -0.396 e. The number of hydrogen-bond donors (Lipinski definition) is 1. The molecule has 1 aliphatic heterocycles. The van der Waals surface area contributed by atoms with Gasteiger partial charge in [-0.15, -0.1) is 0 Å². The van der Waals surface area contributed by atoms with Gasteiger partial charge in [0.05, 0.1) is 5.69 Å². The maximum atomic E-state index is 13.8. The van der Waals surface area contributed by atoms with E-state index >= 15 is 0 Å². The van der Waals surface area contributed by atoms with Crippen LogP contribution in [0.1, 0.15) is 58.4 Å². The Kier molecular flexibility index (Phi) is 6.90. The predicted octanol–water partition coefficient (Wildman–Crippen LogP) is 4.94. The summed E-state index contributed by atoms with van der Waals surface area (Å²) in [7, 11) is 0. The topological polar surface area (TPSA) is 66.3 Å². The fraction of sp³-hybridized carbons (Fsp3) is 0.346. The number of hydrogen-bond acceptors (Lipinski definition) is 5. The Morgan fingerprint density at radius 1 is 1.12 bits per heavy atom. The molecule has 0 atom stereocenters. The van der Waals surface area contributed by atoms with Gasteiger partial charge < -0.3 is 10.0 Å². The number of anilines is 2. The Labute approximate surface area is 188 Å². The second kappa shape index (κ2) is 10.0. The maximum absolute atomic E-state index is 13.8. The van der Waals surface area contributed by atoms with Crippen molar-refractivity contribution in [1.82, 2.24) is 9.97 Å². The number of aliphatic hydroxyl groups is 1. The highest BCUT2D eigenvalue weighted by molar-refractivity contribution is 5.99. The maximum Gasteiger partial charge on any atom is 0.163 e. The molecule has 0 unspecified atom stereocenters. The Balaban J connectivity index is 1.53. The van der Waals surface area contributed by atoms with Gasteiger partial charge >= 0.3 is 0 Å². The van der Waals surface area contributed by atoms with Gasteiger partial charge in [0.1, 0.15) is 18.0 Å². The van der Waals surface area contributed by atoms with E-state index in [1.165, 1.54) is 6.07 Å². The number of Topliss-reactive ketones (excluding diaryl/α,β-unsaturated/α-hetero) is 1. The number of rotatable bonds is 9. The molecule has 166 valence electrons. The van der Waals surface area contributed by atoms with Gasteiger partial charge in [-0.05, 0) is 61.1 Å². The van der Waals surface area contributed by atoms with Gasteiger partial charge in [0.25, 0.3) is 0 Å². The first-order valence-electron chi connectivity index (χ1n) is 11.2. The summed E-state index contributed by atoms with van der Waals surface area (Å²) in [6.45, 7) is 2.80. The number of aryl methyl sites for hydroxylation is 1. The van der Waals surface area contributed by atoms with E-state index < -0.39 is 0 Å². The van der Waals surface area contributed by atoms with Crippen LogP contribution < -0.4 is 4.90 Å². The molecule has 0 saturated carbocycles. The van der Waals surface area contributed by atoms with Crippen LogP contribution in [0, 0.1) is 12.7 Å². The highest BCUT2D eigenvalue weighted by atomic mass is 19.1. The van der Waals surface area contributed by atoms with Crippen molar-refractivity contribution in [3.63, 3.8) is 0 Å². The Morgan fingerprint density at radius 2 is 2.00 bits per heavy atom. The number of carbonyl (C=O) groups is 1. The SMILES string of the molecule is Cc1cc(F)cc(Cc2cc(N3CCc4c(C(=O)CCCCCO)cccc43)ncn2)c1. The largest absolute Gasteiger partial charge is 0.396 e. The molecule has 0 radical (unpaired) electrons. The third-order valence-corrected chi connectivity index (χ3v) is 5.86. The standard InChI is InChI=1S/C26H28FN3O2/c1-18-12-19(14-20(27)13-18)15-21-16-26(29-17-28-21)30-10-9-22-23(6-5-7-24(22)30)25(32)8-3-2-4-11-31/h5-7,12-14,16-17,31H,2-4,8-11,15H2,1H3. The Morgan fingerprint density at radius 3 is 2.81 bits per heavy atom. The average molecular weight is 434 g/mol. The highest BCUT2D eigenvalue weighted by Gasteiger charge is 2.26. The predicted molar refractivity (Wildman–Crippen MR) is 123 cm³/mol. The first kappa shape index (κ1) is 22.1. The first-order chi connectivity index (χ1) is 15.5. The zero-order valence-corrected chi connectivity index (χ0v) is 18.4. The van der Waals surface area contributed by atoms with E-state index in [9.17, 15) is 9.18 Å². The number of unbranched alkanes of at least 4 members (excludes halogenated alkanes) is 2. The summed E-state index contributed by atoms with van der Waals surface area (Å²) in [6.07, 6.45) is 5.75. The van der Waals surface area contributed by atoms with E-state index in [1.807, 2.05) is 37.3 Å². The van der Waals surface area contributed by atoms with Crippen molar-refractivity contribution in [2.75, 3.05) is 18.1 Å². The molecule has 5 nitrogen and oxygen atoms in total. The van der Waals surface area contributed by atoms with E-state index in [4.69, 9.17) is 5.11 Å². The van der Waals surface area contributed by atoms with Crippen LogP contribution in [0.25, 0.3) is 0 Å². The van der Waals surface area contributed by atoms with E-state index in [1.54, 1.807) is 12.4 Å². The van der Waals surface area contributed by atoms with Crippen LogP contribution in [-0.4, -0.2) is 34.0 Å². The minimum absolute atomic E-state index is 0.159. The Hall–Kier alpha value is -3.12. The molecule has 1 aromatic heterocycles. The molecular formula is C26H28FN3O2. The van der Waals surface area contributed by atoms with Crippen LogP contribution in [-0.2, 0) is 12.8 Å². The lowest BCUT2D eigenvalue weighted by Gasteiger charge is -2.19. The molecule has 0 spiro atoms. The molecule has 0 amide bonds. The highest BCUT2D eigenvalue weighted by Crippen LogP contribution is 2.36. The molecular weight excluding hydrogens is 405 g/mol. The molecule has 2 heterocycles. The van der Waals surface area contributed by atoms with Gasteiger partial charge in [0.2, 0.25) is 0 Å². The zero-order chi connectivity index (χ0) is 22.5. The summed E-state index contributed by atoms with van der Waals surface area (Å²) in [5, 5.41) is 8.92. The number of halogens is 1. The second-order valence-electron chi connectivity index (χ2n) is 8.34. The van der Waals surface area contributed by atoms with Crippen LogP contribution in [0.4, 0.5) is 15.9 Å². The summed E-state index contributed by atoms with van der Waals surface area (Å²) in [5.74, 6) is 0.706. The number of fused-ring (bicyclic) bond motifs is 1. The Bertz CT molecular complexity index is 1100. The summed E-state index contributed by atoms with van der Waals surface area (Å²) >= 11 is 0. The molecule has 4 rings (SSSR count). The molecule has 0 aliphatic carbocycles. The minimum atomic E-state index is -0.240. The molecule has 3 aromatic rings. The molecule has 0 saturated heterocycles. The molecule has 0 bridgehead atoms. The van der Waals surface area contributed by atoms with Crippen molar-refractivity contribution < 1.29 is 14.3 Å². The lowest BCUT2D eigenvalue weighted by atomic mass is 9.98. The number of benzene rings is 2. The number of aromatic nitrogens is 2. The van der Waals surface area contributed by atoms with Crippen molar-refractivity contribution in [1.29, 1.82) is 0 Å². The first-order valence-corrected chi connectivity index (χ1v) is 11.2. The van der Waals surface area contributed by atoms with Crippen LogP contribution in [0.15, 0.2) is 48.8 Å². The van der Waals surface area contributed by atoms with Gasteiger partial charge in [-0.2, -0.15) is 0 Å². The molecule has 6 heteroatoms. The van der Waals surface area contributed by atoms with Gasteiger partial charge in [-0.3, -0.25) is 4.79 Å².